The summed E-state index contributed by atoms with van der Waals surface area (Å²) in [5, 5.41) is 0. The third-order valence-corrected chi connectivity index (χ3v) is 2.51. The molecule has 0 radical (unpaired) electrons. The van der Waals surface area contributed by atoms with E-state index in [9.17, 15) is 4.79 Å². The normalized spacial score (nSPS) is 21.9. The van der Waals surface area contributed by atoms with Crippen molar-refractivity contribution in [3.05, 3.63) is 0 Å². The molecule has 2 N–H and O–H groups in total. The molecular weight excluding hydrogens is 192 g/mol. The Morgan fingerprint density at radius 1 is 1.53 bits per heavy atom. The fourth-order valence-electron chi connectivity index (χ4n) is 1.80. The molecule has 15 heavy (non-hydrogen) atoms. The standard InChI is InChI=1S/C11H22N2O2/c1-11(2,3)15-10(14)13-7-5-9(8-13)4-6-12/h9H,4-8,12H2,1-3H3. The number of carbonyl (C=O) groups is 1. The molecule has 0 saturated carbocycles. The monoisotopic (exact) mass is 214 g/mol. The minimum Gasteiger partial charge on any atom is -0.444 e. The van der Waals surface area contributed by atoms with Crippen LogP contribution in [0.4, 0.5) is 4.79 Å². The number of carbonyl (C=O) groups excluding carboxylic acids is 1. The van der Waals surface area contributed by atoms with Crippen molar-refractivity contribution in [2.75, 3.05) is 19.6 Å². The van der Waals surface area contributed by atoms with E-state index in [1.54, 1.807) is 4.90 Å². The Labute approximate surface area is 91.8 Å². The van der Waals surface area contributed by atoms with E-state index in [0.29, 0.717) is 12.5 Å². The molecule has 1 unspecified atom stereocenters. The lowest BCUT2D eigenvalue weighted by molar-refractivity contribution is 0.0288. The predicted octanol–water partition coefficient (Wildman–Crippen LogP) is 1.59. The lowest BCUT2D eigenvalue weighted by atomic mass is 10.1. The maximum Gasteiger partial charge on any atom is 0.410 e. The van der Waals surface area contributed by atoms with Crippen LogP contribution in [0.5, 0.6) is 0 Å². The van der Waals surface area contributed by atoms with Gasteiger partial charge in [0, 0.05) is 13.1 Å². The molecule has 0 aromatic rings. The van der Waals surface area contributed by atoms with Gasteiger partial charge in [-0.05, 0) is 46.1 Å². The lowest BCUT2D eigenvalue weighted by Gasteiger charge is -2.24. The second-order valence-electron chi connectivity index (χ2n) is 5.16. The van der Waals surface area contributed by atoms with Crippen molar-refractivity contribution >= 4 is 6.09 Å². The highest BCUT2D eigenvalue weighted by Crippen LogP contribution is 2.21. The Bertz CT molecular complexity index is 223. The van der Waals surface area contributed by atoms with E-state index in [0.717, 1.165) is 25.9 Å². The maximum atomic E-state index is 11.7. The molecule has 1 heterocycles. The molecule has 1 aliphatic heterocycles. The van der Waals surface area contributed by atoms with Gasteiger partial charge in [-0.1, -0.05) is 0 Å². The fourth-order valence-corrected chi connectivity index (χ4v) is 1.80. The van der Waals surface area contributed by atoms with Gasteiger partial charge in [0.2, 0.25) is 0 Å². The second kappa shape index (κ2) is 4.84. The minimum atomic E-state index is -0.400. The SMILES string of the molecule is CC(C)(C)OC(=O)N1CCC(CCN)C1. The van der Waals surface area contributed by atoms with E-state index in [1.807, 2.05) is 20.8 Å². The largest absolute Gasteiger partial charge is 0.444 e. The van der Waals surface area contributed by atoms with Gasteiger partial charge < -0.3 is 15.4 Å². The average molecular weight is 214 g/mol. The first kappa shape index (κ1) is 12.3. The first-order valence-electron chi connectivity index (χ1n) is 5.60. The second-order valence-corrected chi connectivity index (χ2v) is 5.16. The predicted molar refractivity (Wildman–Crippen MR) is 59.6 cm³/mol. The van der Waals surface area contributed by atoms with E-state index in [2.05, 4.69) is 0 Å². The topological polar surface area (TPSA) is 55.6 Å². The maximum absolute atomic E-state index is 11.7. The molecule has 0 aromatic carbocycles. The van der Waals surface area contributed by atoms with Crippen molar-refractivity contribution < 1.29 is 9.53 Å². The number of amides is 1. The summed E-state index contributed by atoms with van der Waals surface area (Å²) in [5.74, 6) is 0.558. The number of nitrogens with two attached hydrogens (primary N) is 1. The van der Waals surface area contributed by atoms with Crippen molar-refractivity contribution in [2.45, 2.75) is 39.2 Å². The number of rotatable bonds is 2. The third kappa shape index (κ3) is 4.08. The van der Waals surface area contributed by atoms with Crippen LogP contribution in [0, 0.1) is 5.92 Å². The molecule has 1 aliphatic rings. The molecule has 4 nitrogen and oxygen atoms in total. The minimum absolute atomic E-state index is 0.193. The van der Waals surface area contributed by atoms with Crippen LogP contribution < -0.4 is 5.73 Å². The van der Waals surface area contributed by atoms with Crippen LogP contribution in [0.15, 0.2) is 0 Å². The zero-order valence-corrected chi connectivity index (χ0v) is 9.95. The van der Waals surface area contributed by atoms with Crippen LogP contribution in [-0.4, -0.2) is 36.2 Å². The Hall–Kier alpha value is -0.770. The van der Waals surface area contributed by atoms with Gasteiger partial charge in [-0.25, -0.2) is 4.79 Å². The smallest absolute Gasteiger partial charge is 0.410 e. The van der Waals surface area contributed by atoms with Gasteiger partial charge >= 0.3 is 6.09 Å². The van der Waals surface area contributed by atoms with E-state index in [4.69, 9.17) is 10.5 Å². The molecular formula is C11H22N2O2. The third-order valence-electron chi connectivity index (χ3n) is 2.51. The number of hydrogen-bond acceptors (Lipinski definition) is 3. The quantitative estimate of drug-likeness (QED) is 0.759. The van der Waals surface area contributed by atoms with Gasteiger partial charge in [0.25, 0.3) is 0 Å². The summed E-state index contributed by atoms with van der Waals surface area (Å²) in [6.07, 6.45) is 1.86. The highest BCUT2D eigenvalue weighted by molar-refractivity contribution is 5.68. The van der Waals surface area contributed by atoms with Gasteiger partial charge in [0.05, 0.1) is 0 Å². The summed E-state index contributed by atoms with van der Waals surface area (Å²) >= 11 is 0. The zero-order valence-electron chi connectivity index (χ0n) is 9.95. The highest BCUT2D eigenvalue weighted by Gasteiger charge is 2.28. The van der Waals surface area contributed by atoms with Crippen LogP contribution in [-0.2, 0) is 4.74 Å². The fraction of sp³-hybridized carbons (Fsp3) is 0.909. The number of ether oxygens (including phenoxy) is 1. The van der Waals surface area contributed by atoms with E-state index in [1.165, 1.54) is 0 Å². The molecule has 0 bridgehead atoms. The highest BCUT2D eigenvalue weighted by atomic mass is 16.6. The summed E-state index contributed by atoms with van der Waals surface area (Å²) in [5.41, 5.74) is 5.10. The van der Waals surface area contributed by atoms with Crippen molar-refractivity contribution in [1.29, 1.82) is 0 Å². The number of hydrogen-bond donors (Lipinski definition) is 1. The van der Waals surface area contributed by atoms with Gasteiger partial charge in [-0.2, -0.15) is 0 Å². The van der Waals surface area contributed by atoms with Crippen molar-refractivity contribution in [2.24, 2.45) is 11.7 Å². The van der Waals surface area contributed by atoms with Crippen molar-refractivity contribution in [3.8, 4) is 0 Å². The first-order chi connectivity index (χ1) is 6.92. The van der Waals surface area contributed by atoms with Gasteiger partial charge in [-0.3, -0.25) is 0 Å². The Balaban J connectivity index is 2.37. The summed E-state index contributed by atoms with van der Waals surface area (Å²) in [6.45, 7) is 7.97. The molecule has 4 heteroatoms. The molecule has 1 atom stereocenters. The van der Waals surface area contributed by atoms with Crippen LogP contribution in [0.2, 0.25) is 0 Å². The average Bonchev–Trinajstić information content (AvgIpc) is 2.50. The molecule has 0 aromatic heterocycles. The number of nitrogens with zero attached hydrogens (tertiary/aromatic N) is 1. The Kier molecular flexibility index (Phi) is 3.97. The molecule has 0 spiro atoms. The summed E-state index contributed by atoms with van der Waals surface area (Å²) in [7, 11) is 0. The van der Waals surface area contributed by atoms with E-state index >= 15 is 0 Å². The molecule has 1 amide bonds. The summed E-state index contributed by atoms with van der Waals surface area (Å²) in [6, 6.07) is 0. The van der Waals surface area contributed by atoms with Crippen LogP contribution >= 0.6 is 0 Å². The molecule has 1 fully saturated rings. The van der Waals surface area contributed by atoms with Crippen LogP contribution in [0.1, 0.15) is 33.6 Å². The Morgan fingerprint density at radius 3 is 2.73 bits per heavy atom. The molecule has 88 valence electrons. The van der Waals surface area contributed by atoms with Gasteiger partial charge in [0.15, 0.2) is 0 Å². The van der Waals surface area contributed by atoms with Gasteiger partial charge in [-0.15, -0.1) is 0 Å². The summed E-state index contributed by atoms with van der Waals surface area (Å²) in [4.78, 5) is 13.5. The van der Waals surface area contributed by atoms with Gasteiger partial charge in [0.1, 0.15) is 5.60 Å². The zero-order chi connectivity index (χ0) is 11.5. The molecule has 1 saturated heterocycles. The summed E-state index contributed by atoms with van der Waals surface area (Å²) < 4.78 is 5.30. The number of likely N-dealkylation sites (tertiary alicyclic amines) is 1. The molecule has 0 aliphatic carbocycles. The van der Waals surface area contributed by atoms with Crippen LogP contribution in [0.3, 0.4) is 0 Å². The molecule has 1 rings (SSSR count). The van der Waals surface area contributed by atoms with Crippen molar-refractivity contribution in [3.63, 3.8) is 0 Å². The first-order valence-corrected chi connectivity index (χ1v) is 5.60. The van der Waals surface area contributed by atoms with Crippen molar-refractivity contribution in [1.82, 2.24) is 4.90 Å². The van der Waals surface area contributed by atoms with E-state index < -0.39 is 5.60 Å². The Morgan fingerprint density at radius 2 is 2.20 bits per heavy atom. The van der Waals surface area contributed by atoms with Crippen LogP contribution in [0.25, 0.3) is 0 Å². The van der Waals surface area contributed by atoms with E-state index in [-0.39, 0.29) is 6.09 Å². The lowest BCUT2D eigenvalue weighted by Crippen LogP contribution is -2.35.